The average Bonchev–Trinajstić information content (AvgIpc) is 2.98. The quantitative estimate of drug-likeness (QED) is 0.880. The molecule has 1 aliphatic carbocycles. The van der Waals surface area contributed by atoms with Crippen molar-refractivity contribution in [2.75, 3.05) is 13.2 Å². The summed E-state index contributed by atoms with van der Waals surface area (Å²) in [5, 5.41) is 2.87. The summed E-state index contributed by atoms with van der Waals surface area (Å²) in [6.07, 6.45) is 9.75. The number of aryl methyl sites for hydroxylation is 2. The fourth-order valence-electron chi connectivity index (χ4n) is 2.88. The van der Waals surface area contributed by atoms with Crippen LogP contribution in [-0.4, -0.2) is 33.6 Å². The van der Waals surface area contributed by atoms with Gasteiger partial charge in [0.1, 0.15) is 11.6 Å². The van der Waals surface area contributed by atoms with E-state index in [4.69, 9.17) is 4.74 Å². The fourth-order valence-corrected chi connectivity index (χ4v) is 2.88. The SMILES string of the molecule is Cc1nccn1CCNC(=O)COc1ccnc2c1CCCC2. The van der Waals surface area contributed by atoms with E-state index in [1.807, 2.05) is 23.8 Å². The highest BCUT2D eigenvalue weighted by Gasteiger charge is 2.15. The van der Waals surface area contributed by atoms with Gasteiger partial charge in [-0.3, -0.25) is 9.78 Å². The molecule has 23 heavy (non-hydrogen) atoms. The summed E-state index contributed by atoms with van der Waals surface area (Å²) in [5.74, 6) is 1.64. The normalized spacial score (nSPS) is 13.4. The van der Waals surface area contributed by atoms with Crippen LogP contribution in [0.15, 0.2) is 24.7 Å². The Kier molecular flexibility index (Phi) is 4.90. The molecule has 0 saturated carbocycles. The van der Waals surface area contributed by atoms with E-state index in [0.717, 1.165) is 36.5 Å². The van der Waals surface area contributed by atoms with Crippen molar-refractivity contribution in [3.05, 3.63) is 41.7 Å². The number of ether oxygens (including phenoxy) is 1. The molecule has 0 unspecified atom stereocenters. The summed E-state index contributed by atoms with van der Waals surface area (Å²) < 4.78 is 7.71. The lowest BCUT2D eigenvalue weighted by Crippen LogP contribution is -2.31. The summed E-state index contributed by atoms with van der Waals surface area (Å²) in [4.78, 5) is 20.5. The van der Waals surface area contributed by atoms with Gasteiger partial charge in [-0.05, 0) is 38.7 Å². The minimum Gasteiger partial charge on any atom is -0.483 e. The second kappa shape index (κ2) is 7.26. The number of pyridine rings is 1. The van der Waals surface area contributed by atoms with Gasteiger partial charge in [-0.25, -0.2) is 4.98 Å². The molecular weight excluding hydrogens is 292 g/mol. The molecule has 6 nitrogen and oxygen atoms in total. The summed E-state index contributed by atoms with van der Waals surface area (Å²) in [5.41, 5.74) is 2.28. The molecule has 2 aromatic rings. The molecule has 0 bridgehead atoms. The number of imidazole rings is 1. The van der Waals surface area contributed by atoms with Gasteiger partial charge in [0.15, 0.2) is 6.61 Å². The van der Waals surface area contributed by atoms with Crippen LogP contribution in [0, 0.1) is 6.92 Å². The predicted octanol–water partition coefficient (Wildman–Crippen LogP) is 1.66. The topological polar surface area (TPSA) is 69.0 Å². The molecule has 1 aliphatic rings. The third kappa shape index (κ3) is 3.88. The zero-order valence-corrected chi connectivity index (χ0v) is 13.4. The van der Waals surface area contributed by atoms with Gasteiger partial charge in [-0.15, -0.1) is 0 Å². The first-order valence-corrected chi connectivity index (χ1v) is 8.08. The number of carbonyl (C=O) groups excluding carboxylic acids is 1. The van der Waals surface area contributed by atoms with Crippen LogP contribution in [0.5, 0.6) is 5.75 Å². The van der Waals surface area contributed by atoms with Crippen LogP contribution in [0.2, 0.25) is 0 Å². The number of nitrogens with zero attached hydrogens (tertiary/aromatic N) is 3. The van der Waals surface area contributed by atoms with Crippen molar-refractivity contribution in [2.45, 2.75) is 39.2 Å². The van der Waals surface area contributed by atoms with Crippen molar-refractivity contribution in [1.29, 1.82) is 0 Å². The second-order valence-electron chi connectivity index (χ2n) is 5.75. The second-order valence-corrected chi connectivity index (χ2v) is 5.75. The Morgan fingerprint density at radius 1 is 1.30 bits per heavy atom. The van der Waals surface area contributed by atoms with Gasteiger partial charge in [-0.1, -0.05) is 0 Å². The molecule has 1 N–H and O–H groups in total. The van der Waals surface area contributed by atoms with Gasteiger partial charge >= 0.3 is 0 Å². The predicted molar refractivity (Wildman–Crippen MR) is 86.3 cm³/mol. The molecule has 2 aromatic heterocycles. The Balaban J connectivity index is 1.47. The largest absolute Gasteiger partial charge is 0.483 e. The van der Waals surface area contributed by atoms with E-state index in [0.29, 0.717) is 13.1 Å². The molecule has 3 rings (SSSR count). The van der Waals surface area contributed by atoms with Crippen LogP contribution in [0.1, 0.15) is 29.9 Å². The van der Waals surface area contributed by atoms with Crippen LogP contribution in [0.4, 0.5) is 0 Å². The third-order valence-electron chi connectivity index (χ3n) is 4.15. The number of hydrogen-bond acceptors (Lipinski definition) is 4. The Labute approximate surface area is 135 Å². The molecule has 0 aromatic carbocycles. The minimum absolute atomic E-state index is 0.0410. The molecule has 1 amide bonds. The molecule has 6 heteroatoms. The lowest BCUT2D eigenvalue weighted by atomic mass is 9.95. The molecule has 2 heterocycles. The van der Waals surface area contributed by atoms with Gasteiger partial charge in [0.25, 0.3) is 5.91 Å². The highest BCUT2D eigenvalue weighted by Crippen LogP contribution is 2.27. The maximum atomic E-state index is 11.9. The number of nitrogens with one attached hydrogen (secondary N) is 1. The van der Waals surface area contributed by atoms with Crippen molar-refractivity contribution < 1.29 is 9.53 Å². The first kappa shape index (κ1) is 15.5. The van der Waals surface area contributed by atoms with Crippen LogP contribution in [-0.2, 0) is 24.2 Å². The number of rotatable bonds is 6. The summed E-state index contributed by atoms with van der Waals surface area (Å²) in [6, 6.07) is 1.85. The van der Waals surface area contributed by atoms with Crippen molar-refractivity contribution in [3.8, 4) is 5.75 Å². The van der Waals surface area contributed by atoms with E-state index in [1.54, 1.807) is 12.4 Å². The smallest absolute Gasteiger partial charge is 0.258 e. The molecule has 0 fully saturated rings. The van der Waals surface area contributed by atoms with E-state index in [2.05, 4.69) is 15.3 Å². The van der Waals surface area contributed by atoms with Crippen LogP contribution in [0.3, 0.4) is 0 Å². The molecule has 0 saturated heterocycles. The minimum atomic E-state index is -0.107. The molecule has 0 radical (unpaired) electrons. The summed E-state index contributed by atoms with van der Waals surface area (Å²) in [6.45, 7) is 3.26. The lowest BCUT2D eigenvalue weighted by molar-refractivity contribution is -0.123. The number of amides is 1. The van der Waals surface area contributed by atoms with Gasteiger partial charge in [0.2, 0.25) is 0 Å². The standard InChI is InChI=1S/C17H22N4O2/c1-13-18-8-10-21(13)11-9-20-17(22)12-23-16-6-7-19-15-5-3-2-4-14(15)16/h6-8,10H,2-5,9,11-12H2,1H3,(H,20,22). The van der Waals surface area contributed by atoms with E-state index in [1.165, 1.54) is 12.0 Å². The third-order valence-corrected chi connectivity index (χ3v) is 4.15. The Morgan fingerprint density at radius 3 is 3.00 bits per heavy atom. The van der Waals surface area contributed by atoms with E-state index in [-0.39, 0.29) is 12.5 Å². The van der Waals surface area contributed by atoms with Crippen molar-refractivity contribution >= 4 is 5.91 Å². The summed E-state index contributed by atoms with van der Waals surface area (Å²) in [7, 11) is 0. The number of aromatic nitrogens is 3. The maximum absolute atomic E-state index is 11.9. The fraction of sp³-hybridized carbons (Fsp3) is 0.471. The molecule has 0 spiro atoms. The Hall–Kier alpha value is -2.37. The number of hydrogen-bond donors (Lipinski definition) is 1. The summed E-state index contributed by atoms with van der Waals surface area (Å²) >= 11 is 0. The first-order valence-electron chi connectivity index (χ1n) is 8.08. The first-order chi connectivity index (χ1) is 11.2. The molecule has 0 aliphatic heterocycles. The van der Waals surface area contributed by atoms with Crippen molar-refractivity contribution in [2.24, 2.45) is 0 Å². The zero-order chi connectivity index (χ0) is 16.1. The molecule has 122 valence electrons. The van der Waals surface area contributed by atoms with Crippen molar-refractivity contribution in [1.82, 2.24) is 19.9 Å². The molecule has 0 atom stereocenters. The van der Waals surface area contributed by atoms with Gasteiger partial charge in [-0.2, -0.15) is 0 Å². The van der Waals surface area contributed by atoms with Crippen LogP contribution in [0.25, 0.3) is 0 Å². The van der Waals surface area contributed by atoms with E-state index < -0.39 is 0 Å². The Bertz CT molecular complexity index is 681. The molecular formula is C17H22N4O2. The van der Waals surface area contributed by atoms with Gasteiger partial charge in [0, 0.05) is 42.9 Å². The van der Waals surface area contributed by atoms with Crippen molar-refractivity contribution in [3.63, 3.8) is 0 Å². The average molecular weight is 314 g/mol. The van der Waals surface area contributed by atoms with Crippen LogP contribution < -0.4 is 10.1 Å². The zero-order valence-electron chi connectivity index (χ0n) is 13.4. The van der Waals surface area contributed by atoms with E-state index in [9.17, 15) is 4.79 Å². The monoisotopic (exact) mass is 314 g/mol. The number of carbonyl (C=O) groups is 1. The Morgan fingerprint density at radius 2 is 2.17 bits per heavy atom. The van der Waals surface area contributed by atoms with Gasteiger partial charge in [0.05, 0.1) is 0 Å². The van der Waals surface area contributed by atoms with Crippen LogP contribution >= 0.6 is 0 Å². The highest BCUT2D eigenvalue weighted by molar-refractivity contribution is 5.77. The van der Waals surface area contributed by atoms with Gasteiger partial charge < -0.3 is 14.6 Å². The highest BCUT2D eigenvalue weighted by atomic mass is 16.5. The maximum Gasteiger partial charge on any atom is 0.258 e. The van der Waals surface area contributed by atoms with E-state index >= 15 is 0 Å². The lowest BCUT2D eigenvalue weighted by Gasteiger charge is -2.18. The number of fused-ring (bicyclic) bond motifs is 1.